The summed E-state index contributed by atoms with van der Waals surface area (Å²) in [6.45, 7) is 5.77. The minimum atomic E-state index is -1.17. The monoisotopic (exact) mass is 544 g/mol. The summed E-state index contributed by atoms with van der Waals surface area (Å²) in [5.74, 6) is 0.842. The normalized spacial score (nSPS) is 18.5. The van der Waals surface area contributed by atoms with Gasteiger partial charge in [0.2, 0.25) is 0 Å². The molecule has 0 saturated heterocycles. The maximum atomic E-state index is 13.2. The van der Waals surface area contributed by atoms with Crippen molar-refractivity contribution in [1.29, 1.82) is 0 Å². The fraction of sp³-hybridized carbons (Fsp3) is 0.194. The Hall–Kier alpha value is -3.67. The highest BCUT2D eigenvalue weighted by Crippen LogP contribution is 2.57. The molecular formula is C31H26Cl2N2O3. The molecule has 0 amide bonds. The van der Waals surface area contributed by atoms with Crippen molar-refractivity contribution >= 4 is 46.2 Å². The first-order valence-corrected chi connectivity index (χ1v) is 13.4. The summed E-state index contributed by atoms with van der Waals surface area (Å²) >= 11 is 12.9. The number of halogens is 2. The molecule has 7 heteroatoms. The molecule has 6 rings (SSSR count). The summed E-state index contributed by atoms with van der Waals surface area (Å²) in [5, 5.41) is 3.50. The third-order valence-electron chi connectivity index (χ3n) is 7.16. The molecule has 4 aromatic carbocycles. The van der Waals surface area contributed by atoms with Gasteiger partial charge in [-0.25, -0.2) is 4.79 Å². The lowest BCUT2D eigenvalue weighted by Gasteiger charge is -2.38. The van der Waals surface area contributed by atoms with Crippen LogP contribution in [0.4, 0.5) is 17.1 Å². The van der Waals surface area contributed by atoms with E-state index in [9.17, 15) is 4.79 Å². The van der Waals surface area contributed by atoms with Crippen LogP contribution in [0.1, 0.15) is 46.5 Å². The molecule has 2 aliphatic rings. The number of aryl methyl sites for hydroxylation is 1. The van der Waals surface area contributed by atoms with Gasteiger partial charge in [0.15, 0.2) is 5.60 Å². The van der Waals surface area contributed by atoms with Crippen LogP contribution in [0.5, 0.6) is 11.5 Å². The molecule has 4 aromatic rings. The number of hydrogen-bond acceptors (Lipinski definition) is 5. The number of fused-ring (bicyclic) bond motifs is 6. The van der Waals surface area contributed by atoms with Crippen molar-refractivity contribution in [2.75, 3.05) is 10.2 Å². The molecule has 0 saturated carbocycles. The van der Waals surface area contributed by atoms with Crippen LogP contribution in [0.25, 0.3) is 0 Å². The van der Waals surface area contributed by atoms with Crippen molar-refractivity contribution in [2.45, 2.75) is 37.4 Å². The lowest BCUT2D eigenvalue weighted by Crippen LogP contribution is -2.35. The number of alkyl halides is 2. The van der Waals surface area contributed by atoms with Gasteiger partial charge in [0, 0.05) is 39.8 Å². The Morgan fingerprint density at radius 3 is 2.24 bits per heavy atom. The Bertz CT molecular complexity index is 1550. The molecule has 38 heavy (non-hydrogen) atoms. The fourth-order valence-electron chi connectivity index (χ4n) is 5.47. The Balaban J connectivity index is 1.58. The predicted octanol–water partition coefficient (Wildman–Crippen LogP) is 8.28. The van der Waals surface area contributed by atoms with Gasteiger partial charge in [0.25, 0.3) is 0 Å². The standard InChI is InChI=1S/C31H26Cl2N2O3/c1-18-15-28-26(17-27(18)34-21-9-5-4-6-10-21)31(24-12-8-7-11-23(24)30(36)38-31)25-14-13-22(16-29(25)37-28)35(19(2)32)20(3)33/h4-17,19-20,34H,1-3H3. The highest BCUT2D eigenvalue weighted by atomic mass is 35.5. The number of anilines is 3. The van der Waals surface area contributed by atoms with Crippen molar-refractivity contribution in [3.63, 3.8) is 0 Å². The van der Waals surface area contributed by atoms with E-state index < -0.39 is 5.60 Å². The summed E-state index contributed by atoms with van der Waals surface area (Å²) in [4.78, 5) is 15.1. The molecule has 1 spiro atoms. The van der Waals surface area contributed by atoms with Crippen LogP contribution in [0.3, 0.4) is 0 Å². The van der Waals surface area contributed by atoms with Gasteiger partial charge in [0.05, 0.1) is 5.56 Å². The summed E-state index contributed by atoms with van der Waals surface area (Å²) in [6, 6.07) is 27.3. The van der Waals surface area contributed by atoms with E-state index in [1.807, 2.05) is 105 Å². The highest BCUT2D eigenvalue weighted by molar-refractivity contribution is 6.25. The Labute approximate surface area is 231 Å². The fourth-order valence-corrected chi connectivity index (χ4v) is 6.10. The molecule has 1 N–H and O–H groups in total. The number of ether oxygens (including phenoxy) is 2. The minimum Gasteiger partial charge on any atom is -0.456 e. The van der Waals surface area contributed by atoms with Crippen molar-refractivity contribution in [3.05, 3.63) is 113 Å². The summed E-state index contributed by atoms with van der Waals surface area (Å²) < 4.78 is 12.9. The molecule has 5 nitrogen and oxygen atoms in total. The first-order valence-electron chi connectivity index (χ1n) is 12.5. The third-order valence-corrected chi connectivity index (χ3v) is 7.58. The smallest absolute Gasteiger partial charge is 0.340 e. The maximum absolute atomic E-state index is 13.2. The maximum Gasteiger partial charge on any atom is 0.340 e. The molecule has 0 radical (unpaired) electrons. The number of para-hydroxylation sites is 1. The Morgan fingerprint density at radius 1 is 0.816 bits per heavy atom. The van der Waals surface area contributed by atoms with Gasteiger partial charge in [0.1, 0.15) is 22.5 Å². The van der Waals surface area contributed by atoms with Crippen LogP contribution in [0.15, 0.2) is 84.9 Å². The van der Waals surface area contributed by atoms with Gasteiger partial charge in [-0.3, -0.25) is 0 Å². The van der Waals surface area contributed by atoms with Crippen molar-refractivity contribution in [3.8, 4) is 11.5 Å². The number of carbonyl (C=O) groups is 1. The van der Waals surface area contributed by atoms with Gasteiger partial charge in [-0.05, 0) is 68.8 Å². The summed E-state index contributed by atoms with van der Waals surface area (Å²) in [5.41, 5.74) is 4.63. The highest BCUT2D eigenvalue weighted by Gasteiger charge is 2.53. The molecule has 0 bridgehead atoms. The Morgan fingerprint density at radius 2 is 1.50 bits per heavy atom. The largest absolute Gasteiger partial charge is 0.456 e. The zero-order valence-corrected chi connectivity index (χ0v) is 22.7. The molecular weight excluding hydrogens is 519 g/mol. The van der Waals surface area contributed by atoms with Crippen LogP contribution in [-0.2, 0) is 10.3 Å². The van der Waals surface area contributed by atoms with Crippen molar-refractivity contribution in [1.82, 2.24) is 0 Å². The average molecular weight is 545 g/mol. The van der Waals surface area contributed by atoms with Crippen LogP contribution in [0, 0.1) is 6.92 Å². The van der Waals surface area contributed by atoms with Crippen LogP contribution < -0.4 is 15.0 Å². The third kappa shape index (κ3) is 3.80. The average Bonchev–Trinajstić information content (AvgIpc) is 3.18. The van der Waals surface area contributed by atoms with E-state index in [0.717, 1.165) is 39.3 Å². The van der Waals surface area contributed by atoms with Gasteiger partial charge in [-0.1, -0.05) is 59.6 Å². The zero-order chi connectivity index (χ0) is 26.6. The topological polar surface area (TPSA) is 50.8 Å². The van der Waals surface area contributed by atoms with E-state index in [-0.39, 0.29) is 17.0 Å². The number of hydrogen-bond donors (Lipinski definition) is 1. The lowest BCUT2D eigenvalue weighted by molar-refractivity contribution is 0.0224. The molecule has 0 fully saturated rings. The molecule has 3 atom stereocenters. The van der Waals surface area contributed by atoms with Gasteiger partial charge < -0.3 is 19.7 Å². The number of benzene rings is 4. The predicted molar refractivity (Wildman–Crippen MR) is 152 cm³/mol. The molecule has 2 heterocycles. The first-order chi connectivity index (χ1) is 18.3. The Kier molecular flexibility index (Phi) is 6.01. The summed E-state index contributed by atoms with van der Waals surface area (Å²) in [6.07, 6.45) is 0. The molecule has 3 unspecified atom stereocenters. The number of carbonyl (C=O) groups excluding carboxylic acids is 1. The van der Waals surface area contributed by atoms with Crippen molar-refractivity contribution in [2.24, 2.45) is 0 Å². The number of esters is 1. The number of nitrogens with one attached hydrogen (secondary N) is 1. The second kappa shape index (κ2) is 9.26. The second-order valence-corrected chi connectivity index (χ2v) is 10.9. The van der Waals surface area contributed by atoms with Gasteiger partial charge in [-0.2, -0.15) is 0 Å². The van der Waals surface area contributed by atoms with E-state index in [4.69, 9.17) is 32.7 Å². The number of nitrogens with zero attached hydrogens (tertiary/aromatic N) is 1. The zero-order valence-electron chi connectivity index (χ0n) is 21.2. The second-order valence-electron chi connectivity index (χ2n) is 9.61. The van der Waals surface area contributed by atoms with Gasteiger partial charge >= 0.3 is 5.97 Å². The molecule has 0 aromatic heterocycles. The van der Waals surface area contributed by atoms with Gasteiger partial charge in [-0.15, -0.1) is 0 Å². The molecule has 2 aliphatic heterocycles. The first kappa shape index (κ1) is 24.7. The minimum absolute atomic E-state index is 0.343. The van der Waals surface area contributed by atoms with Crippen LogP contribution >= 0.6 is 23.2 Å². The van der Waals surface area contributed by atoms with Crippen molar-refractivity contribution < 1.29 is 14.3 Å². The summed E-state index contributed by atoms with van der Waals surface area (Å²) in [7, 11) is 0. The SMILES string of the molecule is Cc1cc2c(cc1Nc1ccccc1)C1(OC(=O)c3ccccc31)c1ccc(N(C(C)Cl)C(C)Cl)cc1O2. The quantitative estimate of drug-likeness (QED) is 0.155. The van der Waals surface area contributed by atoms with E-state index in [1.54, 1.807) is 6.07 Å². The number of rotatable bonds is 5. The van der Waals surface area contributed by atoms with E-state index in [1.165, 1.54) is 0 Å². The van der Waals surface area contributed by atoms with Crippen LogP contribution in [-0.4, -0.2) is 17.0 Å². The van der Waals surface area contributed by atoms with E-state index in [2.05, 4.69) is 5.32 Å². The molecule has 0 aliphatic carbocycles. The van der Waals surface area contributed by atoms with Crippen LogP contribution in [0.2, 0.25) is 0 Å². The molecule has 192 valence electrons. The lowest BCUT2D eigenvalue weighted by atomic mass is 9.77. The van der Waals surface area contributed by atoms with E-state index >= 15 is 0 Å². The van der Waals surface area contributed by atoms with E-state index in [0.29, 0.717) is 17.1 Å².